The highest BCUT2D eigenvalue weighted by Crippen LogP contribution is 2.45. The van der Waals surface area contributed by atoms with E-state index in [2.05, 4.69) is 42.5 Å². The Morgan fingerprint density at radius 3 is 1.48 bits per heavy atom. The second-order valence-corrected chi connectivity index (χ2v) is 24.7. The van der Waals surface area contributed by atoms with Crippen molar-refractivity contribution in [1.82, 2.24) is 42.5 Å². The van der Waals surface area contributed by atoms with Gasteiger partial charge in [-0.2, -0.15) is 0 Å². The zero-order valence-corrected chi connectivity index (χ0v) is 53.6. The van der Waals surface area contributed by atoms with Crippen molar-refractivity contribution in [3.05, 3.63) is 0 Å². The number of aliphatic hydroxyl groups is 9. The lowest BCUT2D eigenvalue weighted by atomic mass is 9.86. The fourth-order valence-corrected chi connectivity index (χ4v) is 11.2. The van der Waals surface area contributed by atoms with Gasteiger partial charge in [-0.3, -0.25) is 42.9 Å². The molecular weight excluding hydrogens is 1270 g/mol. The maximum Gasteiger partial charge on any atom is 0.328 e. The highest BCUT2D eigenvalue weighted by molar-refractivity contribution is 7.52. The maximum absolute atomic E-state index is 13.8. The summed E-state index contributed by atoms with van der Waals surface area (Å²) < 4.78 is 67.8. The van der Waals surface area contributed by atoms with Gasteiger partial charge < -0.3 is 141 Å². The number of ether oxygens (including phenoxy) is 9. The summed E-state index contributed by atoms with van der Waals surface area (Å²) in [5.74, 6) is -5.74. The summed E-state index contributed by atoms with van der Waals surface area (Å²) in [7, 11) is -3.83. The van der Waals surface area contributed by atoms with E-state index in [-0.39, 0.29) is 130 Å². The number of carbonyl (C=O) groups excluding carboxylic acids is 8. The lowest BCUT2D eigenvalue weighted by molar-refractivity contribution is -0.272. The van der Waals surface area contributed by atoms with Crippen LogP contribution in [0.25, 0.3) is 0 Å². The molecule has 1 aliphatic carbocycles. The van der Waals surface area contributed by atoms with E-state index in [9.17, 15) is 93.8 Å². The lowest BCUT2D eigenvalue weighted by Crippen LogP contribution is -2.70. The SMILES string of the molecule is CCP(=O)(O)OC1CCC(C(=O)NC(CCC(=O)NC(CCC(=O)NCCOCCOC2OC(CO)C(O)C(O)C2NC(C)=O)C(=O)NCCOCCOC2OC(CO)C(O)C(O)C2NC(C)=O)C(=O)NCCOCCOC2(NC(C)=O)COC(CO)C(O)C2O)CC1. The van der Waals surface area contributed by atoms with Gasteiger partial charge >= 0.3 is 7.60 Å². The third-order valence-corrected chi connectivity index (χ3v) is 16.8. The topological polar surface area (TPSA) is 544 Å². The maximum atomic E-state index is 13.8. The zero-order chi connectivity index (χ0) is 68.8. The van der Waals surface area contributed by atoms with E-state index < -0.39 is 197 Å². The smallest absolute Gasteiger partial charge is 0.328 e. The average Bonchev–Trinajstić information content (AvgIpc) is 0.858. The van der Waals surface area contributed by atoms with E-state index in [1.54, 1.807) is 0 Å². The fraction of sp³-hybridized carbons (Fsp3) is 0.855. The fourth-order valence-electron chi connectivity index (χ4n) is 10.4. The predicted octanol–water partition coefficient (Wildman–Crippen LogP) is -8.42. The molecule has 0 bridgehead atoms. The minimum absolute atomic E-state index is 0.0326. The molecule has 3 aliphatic heterocycles. The van der Waals surface area contributed by atoms with Crippen molar-refractivity contribution in [2.75, 3.05) is 112 Å². The molecule has 4 rings (SSSR count). The molecule has 4 fully saturated rings. The molecule has 0 radical (unpaired) electrons. The highest BCUT2D eigenvalue weighted by Gasteiger charge is 2.52. The van der Waals surface area contributed by atoms with Crippen molar-refractivity contribution < 1.29 is 141 Å². The molecule has 1 saturated carbocycles. The molecule has 0 aromatic carbocycles. The van der Waals surface area contributed by atoms with Crippen molar-refractivity contribution in [3.63, 3.8) is 0 Å². The molecule has 93 heavy (non-hydrogen) atoms. The molecular formula is C55H97N8O29P. The van der Waals surface area contributed by atoms with Crippen molar-refractivity contribution in [1.29, 1.82) is 0 Å². The van der Waals surface area contributed by atoms with Gasteiger partial charge in [-0.05, 0) is 38.5 Å². The Morgan fingerprint density at radius 2 is 1.02 bits per heavy atom. The Bertz CT molecular complexity index is 2390. The minimum Gasteiger partial charge on any atom is -0.394 e. The summed E-state index contributed by atoms with van der Waals surface area (Å²) in [6.07, 6.45) is -16.6. The van der Waals surface area contributed by atoms with Crippen LogP contribution in [0.5, 0.6) is 0 Å². The number of hydrogen-bond acceptors (Lipinski definition) is 28. The van der Waals surface area contributed by atoms with E-state index in [1.165, 1.54) is 20.8 Å². The molecule has 3 heterocycles. The summed E-state index contributed by atoms with van der Waals surface area (Å²) in [4.78, 5) is 114. The largest absolute Gasteiger partial charge is 0.394 e. The van der Waals surface area contributed by atoms with Gasteiger partial charge in [0.2, 0.25) is 47.3 Å². The molecule has 0 aromatic heterocycles. The zero-order valence-electron chi connectivity index (χ0n) is 52.7. The first-order valence-corrected chi connectivity index (χ1v) is 32.6. The molecule has 0 spiro atoms. The van der Waals surface area contributed by atoms with Crippen molar-refractivity contribution in [2.45, 2.75) is 183 Å². The van der Waals surface area contributed by atoms with E-state index in [0.717, 1.165) is 6.92 Å². The number of aliphatic hydroxyl groups excluding tert-OH is 9. The van der Waals surface area contributed by atoms with Crippen LogP contribution < -0.4 is 42.5 Å². The van der Waals surface area contributed by atoms with Gasteiger partial charge in [0, 0.05) is 65.3 Å². The number of amides is 8. The van der Waals surface area contributed by atoms with E-state index in [4.69, 9.17) is 47.2 Å². The monoisotopic (exact) mass is 1360 g/mol. The third-order valence-electron chi connectivity index (χ3n) is 15.4. The minimum atomic E-state index is -3.83. The Kier molecular flexibility index (Phi) is 35.8. The number of hydrogen-bond donors (Lipinski definition) is 18. The van der Waals surface area contributed by atoms with E-state index in [1.807, 2.05) is 0 Å². The molecule has 536 valence electrons. The van der Waals surface area contributed by atoms with Gasteiger partial charge in [0.15, 0.2) is 18.3 Å². The van der Waals surface area contributed by atoms with Gasteiger partial charge in [-0.15, -0.1) is 0 Å². The predicted molar refractivity (Wildman–Crippen MR) is 315 cm³/mol. The first-order chi connectivity index (χ1) is 44.2. The standard InChI is InChI=1S/C55H97N8O29P/c1-5-93(81,82)92-34-8-6-33(7-9-34)50(78)62-36(52(80)58-16-19-85-22-25-89-55(63-32(4)69)29-88-37(26-64)46(74)49(55)77)11-13-41(71)61-35(51(79)57-15-18-84-21-24-87-54-43(60-31(3)68)48(76)45(73)39(28-66)91-54)10-12-40(70)56-14-17-83-20-23-86-53-42(59-30(2)67)47(75)44(72)38(27-65)90-53/h33-39,42-49,53-54,64-66,72-77H,5-29H2,1-4H3,(H,56,70)(H,57,79)(H,58,80)(H,59,67)(H,60,68)(H,61,71)(H,62,78)(H,63,69)(H,81,82). The van der Waals surface area contributed by atoms with Crippen molar-refractivity contribution >= 4 is 54.9 Å². The highest BCUT2D eigenvalue weighted by atomic mass is 31.2. The molecule has 18 N–H and O–H groups in total. The molecule has 4 aliphatic rings. The van der Waals surface area contributed by atoms with Gasteiger partial charge in [0.05, 0.1) is 92.0 Å². The van der Waals surface area contributed by atoms with Crippen LogP contribution in [0.3, 0.4) is 0 Å². The van der Waals surface area contributed by atoms with Crippen molar-refractivity contribution in [3.8, 4) is 0 Å². The summed E-state index contributed by atoms with van der Waals surface area (Å²) >= 11 is 0. The molecule has 17 unspecified atom stereocenters. The molecule has 8 amide bonds. The van der Waals surface area contributed by atoms with Crippen LogP contribution in [0.1, 0.15) is 79.1 Å². The Labute approximate surface area is 537 Å². The first kappa shape index (κ1) is 80.6. The van der Waals surface area contributed by atoms with Crippen LogP contribution in [0.2, 0.25) is 0 Å². The quantitative estimate of drug-likeness (QED) is 0.0154. The van der Waals surface area contributed by atoms with Crippen LogP contribution in [0.4, 0.5) is 0 Å². The summed E-state index contributed by atoms with van der Waals surface area (Å²) in [6, 6.07) is -5.08. The van der Waals surface area contributed by atoms with Gasteiger partial charge in [0.1, 0.15) is 79.1 Å². The second-order valence-electron chi connectivity index (χ2n) is 22.6. The van der Waals surface area contributed by atoms with Crippen molar-refractivity contribution in [2.24, 2.45) is 5.92 Å². The lowest BCUT2D eigenvalue weighted by Gasteiger charge is -2.45. The Balaban J connectivity index is 1.36. The van der Waals surface area contributed by atoms with Crippen LogP contribution >= 0.6 is 7.60 Å². The van der Waals surface area contributed by atoms with E-state index >= 15 is 0 Å². The molecule has 3 saturated heterocycles. The summed E-state index contributed by atoms with van der Waals surface area (Å²) in [6.45, 7) is 1.13. The second kappa shape index (κ2) is 41.3. The molecule has 37 nitrogen and oxygen atoms in total. The summed E-state index contributed by atoms with van der Waals surface area (Å²) in [5.41, 5.74) is -1.89. The van der Waals surface area contributed by atoms with Gasteiger partial charge in [-0.1, -0.05) is 6.92 Å². The van der Waals surface area contributed by atoms with Crippen LogP contribution in [-0.4, -0.2) is 313 Å². The number of nitrogens with one attached hydrogen (secondary N) is 8. The Hall–Kier alpha value is -4.81. The number of carbonyl (C=O) groups is 8. The third kappa shape index (κ3) is 27.0. The van der Waals surface area contributed by atoms with Gasteiger partial charge in [0.25, 0.3) is 0 Å². The normalized spacial score (nSPS) is 30.1. The van der Waals surface area contributed by atoms with E-state index in [0.29, 0.717) is 0 Å². The van der Waals surface area contributed by atoms with Crippen LogP contribution in [-0.2, 0) is 90.1 Å². The first-order valence-electron chi connectivity index (χ1n) is 30.9. The summed E-state index contributed by atoms with van der Waals surface area (Å²) in [5, 5.41) is 112. The van der Waals surface area contributed by atoms with Gasteiger partial charge in [-0.25, -0.2) is 0 Å². The molecule has 17 atom stereocenters. The van der Waals surface area contributed by atoms with Crippen LogP contribution in [0.15, 0.2) is 0 Å². The Morgan fingerprint density at radius 1 is 0.559 bits per heavy atom. The molecule has 0 aromatic rings. The van der Waals surface area contributed by atoms with Crippen LogP contribution in [0, 0.1) is 5.92 Å². The average molecular weight is 1370 g/mol. The number of rotatable bonds is 41. The molecule has 38 heteroatoms.